The van der Waals surface area contributed by atoms with Crippen LogP contribution < -0.4 is 5.32 Å². The highest BCUT2D eigenvalue weighted by molar-refractivity contribution is 7.91. The summed E-state index contributed by atoms with van der Waals surface area (Å²) in [6.45, 7) is 0. The standard InChI is InChI=1S/C23H17N5O2S/c29-31(30,19-6-2-1-3-7-19)20-13-14-22-26-23(27-28(22)16-20)25-18-11-9-17(10-12-18)21-8-4-5-15-24-21/h1-16H,(H,25,27). The van der Waals surface area contributed by atoms with Crippen LogP contribution in [0.15, 0.2) is 107 Å². The Kier molecular flexibility index (Phi) is 4.68. The molecule has 31 heavy (non-hydrogen) atoms. The van der Waals surface area contributed by atoms with Crippen molar-refractivity contribution in [1.29, 1.82) is 0 Å². The number of pyridine rings is 2. The number of nitrogens with one attached hydrogen (secondary N) is 1. The van der Waals surface area contributed by atoms with Gasteiger partial charge in [-0.15, -0.1) is 5.10 Å². The van der Waals surface area contributed by atoms with E-state index in [4.69, 9.17) is 0 Å². The van der Waals surface area contributed by atoms with Crippen molar-refractivity contribution in [3.63, 3.8) is 0 Å². The highest BCUT2D eigenvalue weighted by Crippen LogP contribution is 2.23. The van der Waals surface area contributed by atoms with Crippen molar-refractivity contribution in [3.8, 4) is 11.3 Å². The number of aromatic nitrogens is 4. The maximum absolute atomic E-state index is 12.8. The molecule has 0 atom stereocenters. The molecule has 2 aromatic carbocycles. The lowest BCUT2D eigenvalue weighted by atomic mass is 10.1. The van der Waals surface area contributed by atoms with Gasteiger partial charge in [0.2, 0.25) is 15.8 Å². The van der Waals surface area contributed by atoms with E-state index < -0.39 is 9.84 Å². The molecule has 3 aromatic heterocycles. The van der Waals surface area contributed by atoms with E-state index in [9.17, 15) is 8.42 Å². The maximum atomic E-state index is 12.8. The third-order valence-electron chi connectivity index (χ3n) is 4.77. The second kappa shape index (κ2) is 7.66. The van der Waals surface area contributed by atoms with Crippen molar-refractivity contribution in [2.45, 2.75) is 9.79 Å². The van der Waals surface area contributed by atoms with Gasteiger partial charge in [-0.05, 0) is 48.5 Å². The summed E-state index contributed by atoms with van der Waals surface area (Å²) in [5, 5.41) is 7.52. The fourth-order valence-corrected chi connectivity index (χ4v) is 4.47. The lowest BCUT2D eigenvalue weighted by molar-refractivity contribution is 0.595. The van der Waals surface area contributed by atoms with E-state index in [2.05, 4.69) is 20.4 Å². The second-order valence-electron chi connectivity index (χ2n) is 6.84. The fourth-order valence-electron chi connectivity index (χ4n) is 3.20. The molecular formula is C23H17N5O2S. The van der Waals surface area contributed by atoms with E-state index in [-0.39, 0.29) is 9.79 Å². The Bertz CT molecular complexity index is 1450. The fraction of sp³-hybridized carbons (Fsp3) is 0. The molecule has 0 unspecified atom stereocenters. The quantitative estimate of drug-likeness (QED) is 0.448. The highest BCUT2D eigenvalue weighted by Gasteiger charge is 2.18. The van der Waals surface area contributed by atoms with E-state index >= 15 is 0 Å². The molecule has 7 nitrogen and oxygen atoms in total. The monoisotopic (exact) mass is 427 g/mol. The Morgan fingerprint density at radius 2 is 1.55 bits per heavy atom. The number of benzene rings is 2. The molecule has 5 rings (SSSR count). The molecule has 0 aliphatic heterocycles. The minimum Gasteiger partial charge on any atom is -0.323 e. The van der Waals surface area contributed by atoms with E-state index in [0.29, 0.717) is 11.6 Å². The average Bonchev–Trinajstić information content (AvgIpc) is 3.22. The predicted molar refractivity (Wildman–Crippen MR) is 118 cm³/mol. The first kappa shape index (κ1) is 19.0. The van der Waals surface area contributed by atoms with Crippen LogP contribution in [0, 0.1) is 0 Å². The Balaban J connectivity index is 1.41. The van der Waals surface area contributed by atoms with Crippen molar-refractivity contribution in [3.05, 3.63) is 97.3 Å². The molecule has 5 aromatic rings. The predicted octanol–water partition coefficient (Wildman–Crippen LogP) is 4.37. The van der Waals surface area contributed by atoms with Gasteiger partial charge in [-0.3, -0.25) is 4.98 Å². The van der Waals surface area contributed by atoms with E-state index in [0.717, 1.165) is 16.9 Å². The first-order chi connectivity index (χ1) is 15.1. The first-order valence-corrected chi connectivity index (χ1v) is 11.0. The number of anilines is 2. The van der Waals surface area contributed by atoms with Crippen LogP contribution in [0.1, 0.15) is 0 Å². The van der Waals surface area contributed by atoms with Crippen molar-refractivity contribution in [2.75, 3.05) is 5.32 Å². The molecule has 0 aliphatic carbocycles. The van der Waals surface area contributed by atoms with Crippen LogP contribution in [0.4, 0.5) is 11.6 Å². The minimum absolute atomic E-state index is 0.155. The average molecular weight is 427 g/mol. The molecule has 0 amide bonds. The highest BCUT2D eigenvalue weighted by atomic mass is 32.2. The van der Waals surface area contributed by atoms with Gasteiger partial charge in [0.15, 0.2) is 5.65 Å². The molecule has 0 saturated heterocycles. The summed E-state index contributed by atoms with van der Waals surface area (Å²) >= 11 is 0. The summed E-state index contributed by atoms with van der Waals surface area (Å²) in [5.74, 6) is 0.375. The van der Waals surface area contributed by atoms with Crippen molar-refractivity contribution >= 4 is 27.1 Å². The topological polar surface area (TPSA) is 89.2 Å². The molecule has 0 spiro atoms. The van der Waals surface area contributed by atoms with Crippen molar-refractivity contribution in [1.82, 2.24) is 19.6 Å². The Hall–Kier alpha value is -4.04. The summed E-state index contributed by atoms with van der Waals surface area (Å²) in [5.41, 5.74) is 3.25. The van der Waals surface area contributed by atoms with E-state index in [1.165, 1.54) is 16.8 Å². The molecule has 0 fully saturated rings. The molecule has 1 N–H and O–H groups in total. The van der Waals surface area contributed by atoms with Crippen LogP contribution in [0.5, 0.6) is 0 Å². The SMILES string of the molecule is O=S(=O)(c1ccccc1)c1ccc2nc(Nc3ccc(-c4ccccn4)cc3)nn2c1. The molecule has 0 bridgehead atoms. The largest absolute Gasteiger partial charge is 0.323 e. The second-order valence-corrected chi connectivity index (χ2v) is 8.79. The number of hydrogen-bond donors (Lipinski definition) is 1. The third kappa shape index (κ3) is 3.76. The summed E-state index contributed by atoms with van der Waals surface area (Å²) in [6.07, 6.45) is 3.23. The molecule has 3 heterocycles. The van der Waals surface area contributed by atoms with Crippen LogP contribution in [-0.2, 0) is 9.84 Å². The molecule has 152 valence electrons. The first-order valence-electron chi connectivity index (χ1n) is 9.55. The summed E-state index contributed by atoms with van der Waals surface area (Å²) in [7, 11) is -3.63. The molecule has 8 heteroatoms. The lowest BCUT2D eigenvalue weighted by Gasteiger charge is -2.04. The van der Waals surface area contributed by atoms with Gasteiger partial charge in [-0.25, -0.2) is 12.9 Å². The zero-order chi connectivity index (χ0) is 21.3. The van der Waals surface area contributed by atoms with Gasteiger partial charge in [0.1, 0.15) is 0 Å². The van der Waals surface area contributed by atoms with Gasteiger partial charge in [0, 0.05) is 17.4 Å². The smallest absolute Gasteiger partial charge is 0.247 e. The van der Waals surface area contributed by atoms with Gasteiger partial charge < -0.3 is 5.32 Å². The lowest BCUT2D eigenvalue weighted by Crippen LogP contribution is -2.03. The van der Waals surface area contributed by atoms with Crippen LogP contribution in [0.3, 0.4) is 0 Å². The Labute approximate surface area is 179 Å². The van der Waals surface area contributed by atoms with Gasteiger partial charge >= 0.3 is 0 Å². The van der Waals surface area contributed by atoms with Crippen molar-refractivity contribution in [2.24, 2.45) is 0 Å². The minimum atomic E-state index is -3.63. The number of sulfone groups is 1. The zero-order valence-corrected chi connectivity index (χ0v) is 17.1. The number of fused-ring (bicyclic) bond motifs is 1. The molecular weight excluding hydrogens is 410 g/mol. The normalized spacial score (nSPS) is 11.5. The summed E-state index contributed by atoms with van der Waals surface area (Å²) in [4.78, 5) is 9.15. The molecule has 0 aliphatic rings. The van der Waals surface area contributed by atoms with Gasteiger partial charge in [-0.2, -0.15) is 4.98 Å². The van der Waals surface area contributed by atoms with Crippen molar-refractivity contribution < 1.29 is 8.42 Å². The maximum Gasteiger partial charge on any atom is 0.247 e. The summed E-state index contributed by atoms with van der Waals surface area (Å²) < 4.78 is 27.1. The van der Waals surface area contributed by atoms with Crippen LogP contribution in [0.2, 0.25) is 0 Å². The van der Waals surface area contributed by atoms with Gasteiger partial charge in [0.25, 0.3) is 0 Å². The molecule has 0 saturated carbocycles. The number of nitrogens with zero attached hydrogens (tertiary/aromatic N) is 4. The van der Waals surface area contributed by atoms with Gasteiger partial charge in [-0.1, -0.05) is 36.4 Å². The van der Waals surface area contributed by atoms with Gasteiger partial charge in [0.05, 0.1) is 21.7 Å². The zero-order valence-electron chi connectivity index (χ0n) is 16.3. The number of hydrogen-bond acceptors (Lipinski definition) is 6. The van der Waals surface area contributed by atoms with Crippen LogP contribution in [0.25, 0.3) is 16.9 Å². The van der Waals surface area contributed by atoms with E-state index in [1.807, 2.05) is 42.5 Å². The Morgan fingerprint density at radius 3 is 2.29 bits per heavy atom. The van der Waals surface area contributed by atoms with Crippen LogP contribution >= 0.6 is 0 Å². The number of rotatable bonds is 5. The Morgan fingerprint density at radius 1 is 0.774 bits per heavy atom. The van der Waals surface area contributed by atoms with Crippen LogP contribution in [-0.4, -0.2) is 28.0 Å². The summed E-state index contributed by atoms with van der Waals surface area (Å²) in [6, 6.07) is 25.0. The van der Waals surface area contributed by atoms with E-state index in [1.54, 1.807) is 42.6 Å². The molecule has 0 radical (unpaired) electrons. The third-order valence-corrected chi connectivity index (χ3v) is 6.52.